The lowest BCUT2D eigenvalue weighted by molar-refractivity contribution is 0.471. The maximum atomic E-state index is 9.42. The molecule has 3 nitrogen and oxygen atoms in total. The lowest BCUT2D eigenvalue weighted by Gasteiger charge is -2.03. The largest absolute Gasteiger partial charge is 0.507 e. The highest BCUT2D eigenvalue weighted by molar-refractivity contribution is 9.10. The van der Waals surface area contributed by atoms with Gasteiger partial charge in [-0.3, -0.25) is 0 Å². The van der Waals surface area contributed by atoms with Crippen LogP contribution in [0, 0.1) is 0 Å². The van der Waals surface area contributed by atoms with Gasteiger partial charge in [0.2, 0.25) is 0 Å². The molecular weight excluding hydrogens is 232 g/mol. The van der Waals surface area contributed by atoms with Gasteiger partial charge in [-0.15, -0.1) is 0 Å². The molecule has 2 rings (SSSR count). The zero-order valence-corrected chi connectivity index (χ0v) is 8.27. The molecule has 2 aromatic rings. The van der Waals surface area contributed by atoms with E-state index in [0.29, 0.717) is 4.47 Å². The number of halogens is 1. The molecule has 0 aliphatic carbocycles. The van der Waals surface area contributed by atoms with Gasteiger partial charge in [-0.25, -0.2) is 4.98 Å². The van der Waals surface area contributed by atoms with Crippen molar-refractivity contribution in [2.45, 2.75) is 0 Å². The van der Waals surface area contributed by atoms with Gasteiger partial charge in [-0.2, -0.15) is 0 Å². The van der Waals surface area contributed by atoms with Crippen LogP contribution in [-0.4, -0.2) is 14.7 Å². The first-order valence-corrected chi connectivity index (χ1v) is 4.53. The molecule has 0 radical (unpaired) electrons. The van der Waals surface area contributed by atoms with Gasteiger partial charge >= 0.3 is 0 Å². The van der Waals surface area contributed by atoms with Crippen LogP contribution in [0.5, 0.6) is 5.75 Å². The van der Waals surface area contributed by atoms with Crippen LogP contribution >= 0.6 is 15.9 Å². The van der Waals surface area contributed by atoms with E-state index in [1.807, 2.05) is 16.8 Å². The quantitative estimate of drug-likeness (QED) is 0.829. The monoisotopic (exact) mass is 238 g/mol. The first kappa shape index (κ1) is 8.31. The lowest BCUT2D eigenvalue weighted by atomic mass is 10.3. The first-order chi connectivity index (χ1) is 6.27. The SMILES string of the molecule is Oc1cc(-n2ccnc2)ccc1Br. The van der Waals surface area contributed by atoms with E-state index in [4.69, 9.17) is 0 Å². The molecule has 66 valence electrons. The Balaban J connectivity index is 2.49. The van der Waals surface area contributed by atoms with Crippen LogP contribution in [0.1, 0.15) is 0 Å². The van der Waals surface area contributed by atoms with Crippen molar-refractivity contribution in [3.8, 4) is 11.4 Å². The maximum absolute atomic E-state index is 9.42. The smallest absolute Gasteiger partial charge is 0.131 e. The Kier molecular flexibility index (Phi) is 2.06. The van der Waals surface area contributed by atoms with E-state index >= 15 is 0 Å². The van der Waals surface area contributed by atoms with Crippen LogP contribution in [0.25, 0.3) is 5.69 Å². The van der Waals surface area contributed by atoms with E-state index in [1.54, 1.807) is 24.7 Å². The molecule has 0 fully saturated rings. The van der Waals surface area contributed by atoms with Crippen molar-refractivity contribution in [2.24, 2.45) is 0 Å². The summed E-state index contributed by atoms with van der Waals surface area (Å²) in [4.78, 5) is 3.92. The Hall–Kier alpha value is -1.29. The summed E-state index contributed by atoms with van der Waals surface area (Å²) in [5.74, 6) is 0.228. The van der Waals surface area contributed by atoms with Gasteiger partial charge in [0, 0.05) is 18.5 Å². The molecular formula is C9H7BrN2O. The molecule has 0 aliphatic heterocycles. The Bertz CT molecular complexity index is 412. The summed E-state index contributed by atoms with van der Waals surface area (Å²) in [6.45, 7) is 0. The average molecular weight is 239 g/mol. The van der Waals surface area contributed by atoms with Crippen molar-refractivity contribution in [1.29, 1.82) is 0 Å². The predicted molar refractivity (Wildman–Crippen MR) is 52.9 cm³/mol. The molecule has 1 heterocycles. The molecule has 0 aliphatic rings. The zero-order valence-electron chi connectivity index (χ0n) is 6.68. The number of aromatic nitrogens is 2. The molecule has 0 amide bonds. The van der Waals surface area contributed by atoms with Gasteiger partial charge in [0.1, 0.15) is 5.75 Å². The van der Waals surface area contributed by atoms with Gasteiger partial charge < -0.3 is 9.67 Å². The number of hydrogen-bond acceptors (Lipinski definition) is 2. The number of aromatic hydroxyl groups is 1. The summed E-state index contributed by atoms with van der Waals surface area (Å²) in [7, 11) is 0. The van der Waals surface area contributed by atoms with Crippen molar-refractivity contribution in [2.75, 3.05) is 0 Å². The van der Waals surface area contributed by atoms with Gasteiger partial charge in [-0.05, 0) is 28.1 Å². The summed E-state index contributed by atoms with van der Waals surface area (Å²) < 4.78 is 2.52. The minimum absolute atomic E-state index is 0.228. The highest BCUT2D eigenvalue weighted by atomic mass is 79.9. The third kappa shape index (κ3) is 1.58. The average Bonchev–Trinajstić information content (AvgIpc) is 2.62. The van der Waals surface area contributed by atoms with Crippen LogP contribution in [0.2, 0.25) is 0 Å². The van der Waals surface area contributed by atoms with E-state index in [9.17, 15) is 5.11 Å². The fourth-order valence-corrected chi connectivity index (χ4v) is 1.32. The van der Waals surface area contributed by atoms with Crippen molar-refractivity contribution in [1.82, 2.24) is 9.55 Å². The first-order valence-electron chi connectivity index (χ1n) is 3.74. The minimum Gasteiger partial charge on any atom is -0.507 e. The van der Waals surface area contributed by atoms with Crippen molar-refractivity contribution in [3.63, 3.8) is 0 Å². The minimum atomic E-state index is 0.228. The molecule has 0 unspecified atom stereocenters. The fraction of sp³-hybridized carbons (Fsp3) is 0. The van der Waals surface area contributed by atoms with E-state index < -0.39 is 0 Å². The summed E-state index contributed by atoms with van der Waals surface area (Å²) in [5.41, 5.74) is 0.887. The fourth-order valence-electron chi connectivity index (χ4n) is 1.07. The summed E-state index contributed by atoms with van der Waals surface area (Å²) in [6.07, 6.45) is 5.20. The highest BCUT2D eigenvalue weighted by Crippen LogP contribution is 2.25. The molecule has 0 saturated heterocycles. The van der Waals surface area contributed by atoms with Crippen LogP contribution in [0.3, 0.4) is 0 Å². The number of rotatable bonds is 1. The second-order valence-electron chi connectivity index (χ2n) is 2.61. The second kappa shape index (κ2) is 3.22. The topological polar surface area (TPSA) is 38.0 Å². The lowest BCUT2D eigenvalue weighted by Crippen LogP contribution is -1.88. The van der Waals surface area contributed by atoms with Crippen LogP contribution in [0.4, 0.5) is 0 Å². The number of benzene rings is 1. The van der Waals surface area contributed by atoms with E-state index in [2.05, 4.69) is 20.9 Å². The number of nitrogens with zero attached hydrogens (tertiary/aromatic N) is 2. The summed E-state index contributed by atoms with van der Waals surface area (Å²) >= 11 is 3.22. The Morgan fingerprint density at radius 3 is 2.85 bits per heavy atom. The van der Waals surface area contributed by atoms with Crippen molar-refractivity contribution >= 4 is 15.9 Å². The Morgan fingerprint density at radius 2 is 2.23 bits per heavy atom. The molecule has 0 saturated carbocycles. The van der Waals surface area contributed by atoms with Crippen molar-refractivity contribution < 1.29 is 5.11 Å². The Labute approximate surface area is 83.8 Å². The van der Waals surface area contributed by atoms with Crippen LogP contribution in [0.15, 0.2) is 41.4 Å². The molecule has 13 heavy (non-hydrogen) atoms. The second-order valence-corrected chi connectivity index (χ2v) is 3.46. The standard InChI is InChI=1S/C9H7BrN2O/c10-8-2-1-7(5-9(8)13)12-4-3-11-6-12/h1-6,13H. The van der Waals surface area contributed by atoms with Gasteiger partial charge in [-0.1, -0.05) is 0 Å². The van der Waals surface area contributed by atoms with Gasteiger partial charge in [0.15, 0.2) is 0 Å². The van der Waals surface area contributed by atoms with Crippen LogP contribution in [-0.2, 0) is 0 Å². The third-order valence-electron chi connectivity index (χ3n) is 1.73. The van der Waals surface area contributed by atoms with E-state index in [1.165, 1.54) is 0 Å². The van der Waals surface area contributed by atoms with Crippen molar-refractivity contribution in [3.05, 3.63) is 41.4 Å². The van der Waals surface area contributed by atoms with Gasteiger partial charge in [0.25, 0.3) is 0 Å². The predicted octanol–water partition coefficient (Wildman–Crippen LogP) is 2.34. The summed E-state index contributed by atoms with van der Waals surface area (Å²) in [5, 5.41) is 9.42. The molecule has 0 bridgehead atoms. The van der Waals surface area contributed by atoms with Crippen LogP contribution < -0.4 is 0 Å². The van der Waals surface area contributed by atoms with E-state index in [0.717, 1.165) is 5.69 Å². The Morgan fingerprint density at radius 1 is 1.38 bits per heavy atom. The molecule has 4 heteroatoms. The number of phenols is 1. The highest BCUT2D eigenvalue weighted by Gasteiger charge is 2.00. The summed E-state index contributed by atoms with van der Waals surface area (Å²) in [6, 6.07) is 5.36. The number of phenolic OH excluding ortho intramolecular Hbond substituents is 1. The number of hydrogen-bond donors (Lipinski definition) is 1. The molecule has 1 aromatic heterocycles. The number of imidazole rings is 1. The molecule has 0 spiro atoms. The maximum Gasteiger partial charge on any atom is 0.131 e. The third-order valence-corrected chi connectivity index (χ3v) is 2.40. The van der Waals surface area contributed by atoms with Gasteiger partial charge in [0.05, 0.1) is 16.5 Å². The normalized spacial score (nSPS) is 10.2. The molecule has 1 aromatic carbocycles. The molecule has 0 atom stereocenters. The zero-order chi connectivity index (χ0) is 9.26. The van der Waals surface area contributed by atoms with E-state index in [-0.39, 0.29) is 5.75 Å². The molecule has 1 N–H and O–H groups in total.